The highest BCUT2D eigenvalue weighted by molar-refractivity contribution is 5.87. The highest BCUT2D eigenvalue weighted by Crippen LogP contribution is 2.27. The van der Waals surface area contributed by atoms with Crippen LogP contribution in [0.5, 0.6) is 0 Å². The first-order chi connectivity index (χ1) is 7.15. The Hall–Kier alpha value is -2.42. The van der Waals surface area contributed by atoms with Gasteiger partial charge in [-0.2, -0.15) is 5.26 Å². The number of hydrogen-bond acceptors (Lipinski definition) is 4. The molecule has 0 radical (unpaired) electrons. The fraction of sp³-hybridized carbons (Fsp3) is 0.111. The van der Waals surface area contributed by atoms with Gasteiger partial charge in [0.2, 0.25) is 0 Å². The minimum absolute atomic E-state index is 0.0519. The first-order valence-corrected chi connectivity index (χ1v) is 4.13. The van der Waals surface area contributed by atoms with Crippen molar-refractivity contribution in [1.29, 1.82) is 5.26 Å². The van der Waals surface area contributed by atoms with E-state index in [0.717, 1.165) is 0 Å². The number of aryl methyl sites for hydroxylation is 1. The van der Waals surface area contributed by atoms with Crippen LogP contribution in [0.2, 0.25) is 0 Å². The van der Waals surface area contributed by atoms with Gasteiger partial charge in [-0.25, -0.2) is 4.98 Å². The summed E-state index contributed by atoms with van der Waals surface area (Å²) in [5.74, 6) is 0. The lowest BCUT2D eigenvalue weighted by Gasteiger charge is -1.98. The Kier molecular flexibility index (Phi) is 1.87. The van der Waals surface area contributed by atoms with Crippen LogP contribution in [0.4, 0.5) is 5.69 Å². The normalized spacial score (nSPS) is 10.1. The lowest BCUT2D eigenvalue weighted by molar-refractivity contribution is -0.383. The maximum absolute atomic E-state index is 10.9. The number of nitro benzene ring substituents is 1. The van der Waals surface area contributed by atoms with Gasteiger partial charge in [-0.1, -0.05) is 0 Å². The van der Waals surface area contributed by atoms with Crippen molar-refractivity contribution >= 4 is 16.7 Å². The van der Waals surface area contributed by atoms with Crippen LogP contribution in [0.1, 0.15) is 5.56 Å². The van der Waals surface area contributed by atoms with E-state index in [1.54, 1.807) is 19.2 Å². The van der Waals surface area contributed by atoms with E-state index in [1.165, 1.54) is 17.0 Å². The van der Waals surface area contributed by atoms with Crippen molar-refractivity contribution in [3.63, 3.8) is 0 Å². The third kappa shape index (κ3) is 1.21. The van der Waals surface area contributed by atoms with Gasteiger partial charge < -0.3 is 4.57 Å². The van der Waals surface area contributed by atoms with Crippen molar-refractivity contribution in [3.8, 4) is 6.07 Å². The molecule has 0 unspecified atom stereocenters. The Morgan fingerprint density at radius 1 is 1.60 bits per heavy atom. The molecule has 0 aliphatic heterocycles. The van der Waals surface area contributed by atoms with Gasteiger partial charge in [0, 0.05) is 7.05 Å². The first kappa shape index (κ1) is 9.15. The van der Waals surface area contributed by atoms with Crippen LogP contribution >= 0.6 is 0 Å². The Balaban J connectivity index is 2.97. The van der Waals surface area contributed by atoms with Crippen LogP contribution in [-0.2, 0) is 7.05 Å². The summed E-state index contributed by atoms with van der Waals surface area (Å²) in [6.07, 6.45) is 1.48. The molecule has 0 saturated heterocycles. The maximum Gasteiger partial charge on any atom is 0.312 e. The van der Waals surface area contributed by atoms with Crippen molar-refractivity contribution in [2.45, 2.75) is 0 Å². The third-order valence-electron chi connectivity index (χ3n) is 2.16. The van der Waals surface area contributed by atoms with E-state index in [9.17, 15) is 10.1 Å². The smallest absolute Gasteiger partial charge is 0.312 e. The van der Waals surface area contributed by atoms with E-state index in [-0.39, 0.29) is 11.3 Å². The molecule has 15 heavy (non-hydrogen) atoms. The van der Waals surface area contributed by atoms with E-state index in [2.05, 4.69) is 4.98 Å². The molecule has 0 saturated carbocycles. The second-order valence-corrected chi connectivity index (χ2v) is 3.05. The lowest BCUT2D eigenvalue weighted by Crippen LogP contribution is -1.96. The Morgan fingerprint density at radius 3 is 2.93 bits per heavy atom. The molecular formula is C9H6N4O2. The molecule has 0 aliphatic rings. The number of nitrogens with zero attached hydrogens (tertiary/aromatic N) is 4. The molecule has 0 bridgehead atoms. The quantitative estimate of drug-likeness (QED) is 0.516. The van der Waals surface area contributed by atoms with Gasteiger partial charge in [0.25, 0.3) is 0 Å². The summed E-state index contributed by atoms with van der Waals surface area (Å²) in [5.41, 5.74) is 0.758. The summed E-state index contributed by atoms with van der Waals surface area (Å²) < 4.78 is 1.54. The average Bonchev–Trinajstić information content (AvgIpc) is 2.59. The van der Waals surface area contributed by atoms with Crippen LogP contribution < -0.4 is 0 Å². The molecule has 74 valence electrons. The minimum atomic E-state index is -0.553. The summed E-state index contributed by atoms with van der Waals surface area (Å²) in [6, 6.07) is 4.81. The SMILES string of the molecule is Cn1cnc2ccc(C#N)c([N+](=O)[O-])c21. The molecule has 1 heterocycles. The van der Waals surface area contributed by atoms with Gasteiger partial charge in [-0.05, 0) is 12.1 Å². The second kappa shape index (κ2) is 3.06. The minimum Gasteiger partial charge on any atom is -0.328 e. The van der Waals surface area contributed by atoms with E-state index in [1.807, 2.05) is 0 Å². The lowest BCUT2D eigenvalue weighted by atomic mass is 10.1. The highest BCUT2D eigenvalue weighted by atomic mass is 16.6. The van der Waals surface area contributed by atoms with E-state index in [0.29, 0.717) is 11.0 Å². The van der Waals surface area contributed by atoms with Crippen molar-refractivity contribution in [3.05, 3.63) is 34.1 Å². The van der Waals surface area contributed by atoms with E-state index >= 15 is 0 Å². The number of benzene rings is 1. The van der Waals surface area contributed by atoms with Crippen LogP contribution in [0, 0.1) is 21.4 Å². The summed E-state index contributed by atoms with van der Waals surface area (Å²) in [4.78, 5) is 14.3. The average molecular weight is 202 g/mol. The number of rotatable bonds is 1. The molecule has 0 amide bonds. The largest absolute Gasteiger partial charge is 0.328 e. The van der Waals surface area contributed by atoms with E-state index < -0.39 is 4.92 Å². The van der Waals surface area contributed by atoms with Crippen molar-refractivity contribution < 1.29 is 4.92 Å². The number of hydrogen-bond donors (Lipinski definition) is 0. The summed E-state index contributed by atoms with van der Waals surface area (Å²) in [5, 5.41) is 19.6. The predicted octanol–water partition coefficient (Wildman–Crippen LogP) is 1.35. The van der Waals surface area contributed by atoms with Gasteiger partial charge in [-0.15, -0.1) is 0 Å². The third-order valence-corrected chi connectivity index (χ3v) is 2.16. The molecular weight excluding hydrogens is 196 g/mol. The summed E-state index contributed by atoms with van der Waals surface area (Å²) in [6.45, 7) is 0. The Morgan fingerprint density at radius 2 is 2.33 bits per heavy atom. The van der Waals surface area contributed by atoms with Crippen molar-refractivity contribution in [2.24, 2.45) is 7.05 Å². The van der Waals surface area contributed by atoms with E-state index in [4.69, 9.17) is 5.26 Å². The van der Waals surface area contributed by atoms with Crippen LogP contribution in [0.15, 0.2) is 18.5 Å². The second-order valence-electron chi connectivity index (χ2n) is 3.05. The molecule has 1 aromatic heterocycles. The number of nitro groups is 1. The van der Waals surface area contributed by atoms with Crippen molar-refractivity contribution in [2.75, 3.05) is 0 Å². The van der Waals surface area contributed by atoms with Crippen molar-refractivity contribution in [1.82, 2.24) is 9.55 Å². The van der Waals surface area contributed by atoms with Crippen LogP contribution in [0.25, 0.3) is 11.0 Å². The molecule has 2 aromatic rings. The molecule has 0 N–H and O–H groups in total. The fourth-order valence-electron chi connectivity index (χ4n) is 1.50. The molecule has 6 nitrogen and oxygen atoms in total. The van der Waals surface area contributed by atoms with Crippen LogP contribution in [0.3, 0.4) is 0 Å². The van der Waals surface area contributed by atoms with Gasteiger partial charge in [0.15, 0.2) is 0 Å². The highest BCUT2D eigenvalue weighted by Gasteiger charge is 2.21. The molecule has 0 spiro atoms. The maximum atomic E-state index is 10.9. The van der Waals surface area contributed by atoms with Gasteiger partial charge >= 0.3 is 5.69 Å². The topological polar surface area (TPSA) is 84.8 Å². The molecule has 1 aromatic carbocycles. The Labute approximate surface area is 84.5 Å². The first-order valence-electron chi connectivity index (χ1n) is 4.13. The van der Waals surface area contributed by atoms with Gasteiger partial charge in [-0.3, -0.25) is 10.1 Å². The summed E-state index contributed by atoms with van der Waals surface area (Å²) >= 11 is 0. The predicted molar refractivity (Wildman–Crippen MR) is 52.1 cm³/mol. The molecule has 6 heteroatoms. The number of imidazole rings is 1. The van der Waals surface area contributed by atoms with Gasteiger partial charge in [0.1, 0.15) is 17.1 Å². The Bertz CT molecular complexity index is 594. The molecule has 0 aliphatic carbocycles. The van der Waals surface area contributed by atoms with Crippen LogP contribution in [-0.4, -0.2) is 14.5 Å². The summed E-state index contributed by atoms with van der Waals surface area (Å²) in [7, 11) is 1.66. The zero-order valence-corrected chi connectivity index (χ0v) is 7.84. The molecule has 0 fully saturated rings. The fourth-order valence-corrected chi connectivity index (χ4v) is 1.50. The zero-order valence-electron chi connectivity index (χ0n) is 7.84. The van der Waals surface area contributed by atoms with Gasteiger partial charge in [0.05, 0.1) is 16.8 Å². The molecule has 0 atom stereocenters. The zero-order chi connectivity index (χ0) is 11.0. The number of fused-ring (bicyclic) bond motifs is 1. The number of nitriles is 1. The standard InChI is InChI=1S/C9H6N4O2/c1-12-5-11-7-3-2-6(4-10)8(9(7)12)13(14)15/h2-3,5H,1H3. The number of aromatic nitrogens is 2. The molecule has 2 rings (SSSR count). The monoisotopic (exact) mass is 202 g/mol.